The zero-order valence-corrected chi connectivity index (χ0v) is 14.1. The molecular weight excluding hydrogens is 246 g/mol. The maximum atomic E-state index is 10.4. The second kappa shape index (κ2) is 6.79. The molecule has 0 aromatic heterocycles. The Hall–Kier alpha value is -0.0800. The summed E-state index contributed by atoms with van der Waals surface area (Å²) in [6.07, 6.45) is 7.46. The third-order valence-electron chi connectivity index (χ3n) is 5.41. The number of aliphatic hydroxyl groups excluding tert-OH is 1. The van der Waals surface area contributed by atoms with Crippen molar-refractivity contribution in [2.75, 3.05) is 19.6 Å². The second-order valence-corrected chi connectivity index (χ2v) is 8.41. The Kier molecular flexibility index (Phi) is 5.53. The average Bonchev–Trinajstić information content (AvgIpc) is 3.14. The molecule has 1 N–H and O–H groups in total. The van der Waals surface area contributed by atoms with Crippen LogP contribution < -0.4 is 0 Å². The first-order valence-corrected chi connectivity index (χ1v) is 8.80. The molecule has 0 amide bonds. The van der Waals surface area contributed by atoms with Crippen LogP contribution in [-0.2, 0) is 0 Å². The molecule has 3 atom stereocenters. The number of hydrogen-bond acceptors (Lipinski definition) is 2. The SMILES string of the molecule is CCCN(CC1CC1)CC1CC(C(C)(C)C)CCC1O. The largest absolute Gasteiger partial charge is 0.393 e. The Morgan fingerprint density at radius 2 is 1.75 bits per heavy atom. The van der Waals surface area contributed by atoms with Crippen molar-refractivity contribution in [2.45, 2.75) is 72.3 Å². The molecule has 0 aromatic carbocycles. The maximum Gasteiger partial charge on any atom is 0.0580 e. The van der Waals surface area contributed by atoms with Gasteiger partial charge in [-0.2, -0.15) is 0 Å². The van der Waals surface area contributed by atoms with Gasteiger partial charge in [0, 0.05) is 13.1 Å². The lowest BCUT2D eigenvalue weighted by atomic mass is 9.68. The molecule has 2 saturated carbocycles. The van der Waals surface area contributed by atoms with E-state index in [1.54, 1.807) is 0 Å². The van der Waals surface area contributed by atoms with E-state index in [1.807, 2.05) is 0 Å². The lowest BCUT2D eigenvalue weighted by molar-refractivity contribution is 0.00262. The van der Waals surface area contributed by atoms with Gasteiger partial charge in [-0.1, -0.05) is 27.7 Å². The molecule has 2 fully saturated rings. The van der Waals surface area contributed by atoms with Gasteiger partial charge in [0.15, 0.2) is 0 Å². The van der Waals surface area contributed by atoms with Gasteiger partial charge in [-0.05, 0) is 68.2 Å². The van der Waals surface area contributed by atoms with Crippen molar-refractivity contribution in [3.63, 3.8) is 0 Å². The van der Waals surface area contributed by atoms with Gasteiger partial charge >= 0.3 is 0 Å². The highest BCUT2D eigenvalue weighted by Gasteiger charge is 2.36. The van der Waals surface area contributed by atoms with Crippen LogP contribution in [0.2, 0.25) is 0 Å². The molecule has 0 heterocycles. The van der Waals surface area contributed by atoms with Crippen LogP contribution in [0.1, 0.15) is 66.2 Å². The molecule has 20 heavy (non-hydrogen) atoms. The minimum atomic E-state index is -0.0628. The fourth-order valence-corrected chi connectivity index (χ4v) is 3.80. The number of hydrogen-bond donors (Lipinski definition) is 1. The van der Waals surface area contributed by atoms with E-state index in [9.17, 15) is 5.11 Å². The lowest BCUT2D eigenvalue weighted by Crippen LogP contribution is -2.42. The Morgan fingerprint density at radius 3 is 2.30 bits per heavy atom. The zero-order chi connectivity index (χ0) is 14.8. The van der Waals surface area contributed by atoms with Crippen molar-refractivity contribution < 1.29 is 5.11 Å². The topological polar surface area (TPSA) is 23.5 Å². The van der Waals surface area contributed by atoms with Crippen LogP contribution in [0.4, 0.5) is 0 Å². The van der Waals surface area contributed by atoms with Crippen LogP contribution in [-0.4, -0.2) is 35.7 Å². The summed E-state index contributed by atoms with van der Waals surface area (Å²) in [6, 6.07) is 0. The van der Waals surface area contributed by atoms with Crippen molar-refractivity contribution in [3.05, 3.63) is 0 Å². The molecule has 0 radical (unpaired) electrons. The van der Waals surface area contributed by atoms with Crippen molar-refractivity contribution in [2.24, 2.45) is 23.2 Å². The number of rotatable bonds is 6. The van der Waals surface area contributed by atoms with E-state index >= 15 is 0 Å². The molecule has 0 saturated heterocycles. The van der Waals surface area contributed by atoms with Crippen LogP contribution in [0.3, 0.4) is 0 Å². The molecule has 2 rings (SSSR count). The molecule has 3 unspecified atom stereocenters. The molecule has 118 valence electrons. The molecule has 0 aliphatic heterocycles. The Bertz CT molecular complexity index is 292. The van der Waals surface area contributed by atoms with Crippen molar-refractivity contribution in [3.8, 4) is 0 Å². The van der Waals surface area contributed by atoms with E-state index < -0.39 is 0 Å². The first-order chi connectivity index (χ1) is 9.40. The van der Waals surface area contributed by atoms with Crippen LogP contribution in [0.15, 0.2) is 0 Å². The zero-order valence-electron chi connectivity index (χ0n) is 14.1. The van der Waals surface area contributed by atoms with E-state index in [-0.39, 0.29) is 6.10 Å². The molecule has 0 aromatic rings. The minimum Gasteiger partial charge on any atom is -0.393 e. The van der Waals surface area contributed by atoms with Gasteiger partial charge in [0.1, 0.15) is 0 Å². The number of aliphatic hydroxyl groups is 1. The third-order valence-corrected chi connectivity index (χ3v) is 5.41. The normalized spacial score (nSPS) is 31.8. The minimum absolute atomic E-state index is 0.0628. The molecule has 2 nitrogen and oxygen atoms in total. The number of nitrogens with zero attached hydrogens (tertiary/aromatic N) is 1. The highest BCUT2D eigenvalue weighted by Crippen LogP contribution is 2.41. The van der Waals surface area contributed by atoms with E-state index in [0.29, 0.717) is 11.3 Å². The van der Waals surface area contributed by atoms with Crippen LogP contribution in [0.25, 0.3) is 0 Å². The predicted octanol–water partition coefficient (Wildman–Crippen LogP) is 3.93. The van der Waals surface area contributed by atoms with Crippen LogP contribution in [0.5, 0.6) is 0 Å². The van der Waals surface area contributed by atoms with Crippen LogP contribution in [0, 0.1) is 23.2 Å². The molecule has 2 aliphatic rings. The molecular formula is C18H35NO. The van der Waals surface area contributed by atoms with Gasteiger partial charge in [0.05, 0.1) is 6.10 Å². The first-order valence-electron chi connectivity index (χ1n) is 8.80. The van der Waals surface area contributed by atoms with E-state index in [2.05, 4.69) is 32.6 Å². The van der Waals surface area contributed by atoms with Crippen molar-refractivity contribution in [1.29, 1.82) is 0 Å². The van der Waals surface area contributed by atoms with Gasteiger partial charge in [0.2, 0.25) is 0 Å². The monoisotopic (exact) mass is 281 g/mol. The van der Waals surface area contributed by atoms with E-state index in [0.717, 1.165) is 24.8 Å². The second-order valence-electron chi connectivity index (χ2n) is 8.41. The van der Waals surface area contributed by atoms with Gasteiger partial charge in [-0.25, -0.2) is 0 Å². The van der Waals surface area contributed by atoms with Gasteiger partial charge < -0.3 is 10.0 Å². The summed E-state index contributed by atoms with van der Waals surface area (Å²) in [7, 11) is 0. The Morgan fingerprint density at radius 1 is 1.05 bits per heavy atom. The molecule has 0 spiro atoms. The highest BCUT2D eigenvalue weighted by molar-refractivity contribution is 4.88. The summed E-state index contributed by atoms with van der Waals surface area (Å²) in [6.45, 7) is 13.0. The first kappa shape index (κ1) is 16.3. The molecule has 2 aliphatic carbocycles. The molecule has 2 heteroatoms. The predicted molar refractivity (Wildman–Crippen MR) is 85.7 cm³/mol. The summed E-state index contributed by atoms with van der Waals surface area (Å²) in [5.41, 5.74) is 0.393. The smallest absolute Gasteiger partial charge is 0.0580 e. The van der Waals surface area contributed by atoms with Crippen molar-refractivity contribution >= 4 is 0 Å². The fourth-order valence-electron chi connectivity index (χ4n) is 3.80. The van der Waals surface area contributed by atoms with Crippen molar-refractivity contribution in [1.82, 2.24) is 4.90 Å². The highest BCUT2D eigenvalue weighted by atomic mass is 16.3. The summed E-state index contributed by atoms with van der Waals surface area (Å²) >= 11 is 0. The maximum absolute atomic E-state index is 10.4. The summed E-state index contributed by atoms with van der Waals surface area (Å²) in [5.74, 6) is 2.24. The summed E-state index contributed by atoms with van der Waals surface area (Å²) in [4.78, 5) is 2.64. The summed E-state index contributed by atoms with van der Waals surface area (Å²) in [5, 5.41) is 10.4. The fraction of sp³-hybridized carbons (Fsp3) is 1.00. The quantitative estimate of drug-likeness (QED) is 0.797. The van der Waals surface area contributed by atoms with Crippen LogP contribution >= 0.6 is 0 Å². The standard InChI is InChI=1S/C18H35NO/c1-5-10-19(12-14-6-7-14)13-15-11-16(18(2,3)4)8-9-17(15)20/h14-17,20H,5-13H2,1-4H3. The molecule has 0 bridgehead atoms. The van der Waals surface area contributed by atoms with Gasteiger partial charge in [0.25, 0.3) is 0 Å². The van der Waals surface area contributed by atoms with Gasteiger partial charge in [-0.3, -0.25) is 0 Å². The van der Waals surface area contributed by atoms with Gasteiger partial charge in [-0.15, -0.1) is 0 Å². The summed E-state index contributed by atoms with van der Waals surface area (Å²) < 4.78 is 0. The average molecular weight is 281 g/mol. The Balaban J connectivity index is 1.89. The Labute approximate surface area is 125 Å². The lowest BCUT2D eigenvalue weighted by Gasteiger charge is -2.41. The van der Waals surface area contributed by atoms with E-state index in [1.165, 1.54) is 45.2 Å². The van der Waals surface area contributed by atoms with E-state index in [4.69, 9.17) is 0 Å². The third kappa shape index (κ3) is 4.73.